The van der Waals surface area contributed by atoms with Crippen LogP contribution in [-0.2, 0) is 22.4 Å². The molecule has 24 heavy (non-hydrogen) atoms. The quantitative estimate of drug-likeness (QED) is 0.776. The first-order valence-electron chi connectivity index (χ1n) is 7.56. The molecule has 4 nitrogen and oxygen atoms in total. The fourth-order valence-electron chi connectivity index (χ4n) is 2.67. The van der Waals surface area contributed by atoms with Crippen LogP contribution in [0.3, 0.4) is 0 Å². The van der Waals surface area contributed by atoms with Crippen LogP contribution < -0.4 is 5.32 Å². The fraction of sp³-hybridized carbons (Fsp3) is 0.294. The first-order valence-corrected chi connectivity index (χ1v) is 9.20. The number of carbonyl (C=O) groups excluding carboxylic acids is 2. The molecule has 0 aliphatic heterocycles. The van der Waals surface area contributed by atoms with Crippen LogP contribution >= 0.6 is 34.5 Å². The summed E-state index contributed by atoms with van der Waals surface area (Å²) in [5.41, 5.74) is 1.97. The van der Waals surface area contributed by atoms with Gasteiger partial charge in [-0.05, 0) is 43.4 Å². The number of benzene rings is 1. The summed E-state index contributed by atoms with van der Waals surface area (Å²) in [6, 6.07) is 4.92. The Kier molecular flexibility index (Phi) is 5.43. The van der Waals surface area contributed by atoms with E-state index >= 15 is 0 Å². The lowest BCUT2D eigenvalue weighted by Gasteiger charge is -2.12. The molecule has 7 heteroatoms. The number of hydrogen-bond donors (Lipinski definition) is 1. The molecule has 2 aromatic rings. The van der Waals surface area contributed by atoms with Crippen molar-refractivity contribution in [2.75, 3.05) is 11.9 Å². The number of nitrogens with one attached hydrogen (secondary N) is 1. The van der Waals surface area contributed by atoms with Gasteiger partial charge in [0.15, 0.2) is 6.61 Å². The maximum absolute atomic E-state index is 12.2. The molecule has 0 saturated heterocycles. The lowest BCUT2D eigenvalue weighted by Crippen LogP contribution is -2.21. The number of halogens is 2. The molecule has 0 fully saturated rings. The number of para-hydroxylation sites is 1. The van der Waals surface area contributed by atoms with Crippen LogP contribution in [0.5, 0.6) is 0 Å². The van der Waals surface area contributed by atoms with Gasteiger partial charge in [0.1, 0.15) is 0 Å². The predicted molar refractivity (Wildman–Crippen MR) is 96.3 cm³/mol. The Balaban J connectivity index is 1.60. The fourth-order valence-corrected chi connectivity index (χ4v) is 4.27. The highest BCUT2D eigenvalue weighted by Gasteiger charge is 2.22. The lowest BCUT2D eigenvalue weighted by atomic mass is 9.96. The van der Waals surface area contributed by atoms with E-state index in [1.807, 2.05) is 5.38 Å². The van der Waals surface area contributed by atoms with Crippen molar-refractivity contribution in [2.24, 2.45) is 0 Å². The number of esters is 1. The Morgan fingerprint density at radius 2 is 1.88 bits per heavy atom. The van der Waals surface area contributed by atoms with Crippen LogP contribution in [0.25, 0.3) is 0 Å². The number of aryl methyl sites for hydroxylation is 1. The van der Waals surface area contributed by atoms with Gasteiger partial charge in [-0.2, -0.15) is 0 Å². The molecule has 1 aliphatic carbocycles. The van der Waals surface area contributed by atoms with Crippen LogP contribution in [-0.4, -0.2) is 18.5 Å². The summed E-state index contributed by atoms with van der Waals surface area (Å²) in [5.74, 6) is -0.947. The summed E-state index contributed by atoms with van der Waals surface area (Å²) in [4.78, 5) is 25.4. The molecule has 126 valence electrons. The van der Waals surface area contributed by atoms with Crippen LogP contribution in [0.15, 0.2) is 23.6 Å². The number of ether oxygens (including phenoxy) is 1. The average molecular weight is 384 g/mol. The van der Waals surface area contributed by atoms with Gasteiger partial charge >= 0.3 is 5.97 Å². The molecule has 0 atom stereocenters. The zero-order chi connectivity index (χ0) is 17.1. The van der Waals surface area contributed by atoms with Gasteiger partial charge in [-0.15, -0.1) is 11.3 Å². The predicted octanol–water partition coefficient (Wildman–Crippen LogP) is 4.73. The number of amides is 1. The van der Waals surface area contributed by atoms with E-state index in [0.29, 0.717) is 21.3 Å². The second-order valence-electron chi connectivity index (χ2n) is 5.48. The van der Waals surface area contributed by atoms with Gasteiger partial charge in [-0.1, -0.05) is 29.3 Å². The van der Waals surface area contributed by atoms with Crippen LogP contribution in [0.2, 0.25) is 10.0 Å². The number of carbonyl (C=O) groups is 2. The second-order valence-corrected chi connectivity index (χ2v) is 7.26. The van der Waals surface area contributed by atoms with E-state index < -0.39 is 11.9 Å². The zero-order valence-electron chi connectivity index (χ0n) is 12.7. The van der Waals surface area contributed by atoms with Crippen molar-refractivity contribution in [2.45, 2.75) is 25.7 Å². The smallest absolute Gasteiger partial charge is 0.339 e. The zero-order valence-corrected chi connectivity index (χ0v) is 15.1. The summed E-state index contributed by atoms with van der Waals surface area (Å²) in [7, 11) is 0. The topological polar surface area (TPSA) is 55.4 Å². The minimum absolute atomic E-state index is 0.315. The van der Waals surface area contributed by atoms with Crippen molar-refractivity contribution >= 4 is 52.1 Å². The maximum Gasteiger partial charge on any atom is 0.339 e. The van der Waals surface area contributed by atoms with Crippen molar-refractivity contribution in [3.63, 3.8) is 0 Å². The van der Waals surface area contributed by atoms with Gasteiger partial charge < -0.3 is 10.1 Å². The molecule has 0 unspecified atom stereocenters. The van der Waals surface area contributed by atoms with E-state index in [4.69, 9.17) is 27.9 Å². The Labute approximate surface area is 153 Å². The number of thiophene rings is 1. The molecular weight excluding hydrogens is 369 g/mol. The van der Waals surface area contributed by atoms with Gasteiger partial charge in [-0.25, -0.2) is 4.79 Å². The molecule has 3 rings (SSSR count). The molecule has 1 N–H and O–H groups in total. The van der Waals surface area contributed by atoms with E-state index in [0.717, 1.165) is 31.2 Å². The van der Waals surface area contributed by atoms with E-state index in [1.165, 1.54) is 4.88 Å². The van der Waals surface area contributed by atoms with Crippen molar-refractivity contribution in [1.29, 1.82) is 0 Å². The summed E-state index contributed by atoms with van der Waals surface area (Å²) in [6.45, 7) is -0.384. The number of rotatable bonds is 4. The molecule has 0 saturated carbocycles. The Morgan fingerprint density at radius 1 is 1.17 bits per heavy atom. The monoisotopic (exact) mass is 383 g/mol. The summed E-state index contributed by atoms with van der Waals surface area (Å²) in [5, 5.41) is 5.04. The van der Waals surface area contributed by atoms with Gasteiger partial charge in [0.2, 0.25) is 0 Å². The second kappa shape index (κ2) is 7.55. The Hall–Kier alpha value is -1.56. The largest absolute Gasteiger partial charge is 0.452 e. The first kappa shape index (κ1) is 17.3. The third-order valence-electron chi connectivity index (χ3n) is 3.84. The van der Waals surface area contributed by atoms with Crippen LogP contribution in [0.4, 0.5) is 5.69 Å². The SMILES string of the molecule is O=C(COC(=O)c1csc2c1CCCC2)Nc1c(Cl)cccc1Cl. The van der Waals surface area contributed by atoms with E-state index in [9.17, 15) is 9.59 Å². The van der Waals surface area contributed by atoms with Gasteiger partial charge in [-0.3, -0.25) is 4.79 Å². The number of fused-ring (bicyclic) bond motifs is 1. The molecule has 1 aromatic heterocycles. The Morgan fingerprint density at radius 3 is 2.62 bits per heavy atom. The minimum atomic E-state index is -0.484. The third-order valence-corrected chi connectivity index (χ3v) is 5.56. The van der Waals surface area contributed by atoms with Crippen molar-refractivity contribution in [3.05, 3.63) is 49.6 Å². The molecule has 1 aliphatic rings. The molecule has 1 amide bonds. The summed E-state index contributed by atoms with van der Waals surface area (Å²) >= 11 is 13.6. The standard InChI is InChI=1S/C17H15Cl2NO3S/c18-12-5-3-6-13(19)16(12)20-15(21)8-23-17(22)11-9-24-14-7-2-1-4-10(11)14/h3,5-6,9H,1-2,4,7-8H2,(H,20,21). The van der Waals surface area contributed by atoms with E-state index in [2.05, 4.69) is 5.32 Å². The van der Waals surface area contributed by atoms with Gasteiger partial charge in [0, 0.05) is 10.3 Å². The van der Waals surface area contributed by atoms with E-state index in [-0.39, 0.29) is 6.61 Å². The molecular formula is C17H15Cl2NO3S. The maximum atomic E-state index is 12.2. The van der Waals surface area contributed by atoms with Crippen molar-refractivity contribution in [1.82, 2.24) is 0 Å². The molecule has 0 radical (unpaired) electrons. The van der Waals surface area contributed by atoms with Crippen molar-refractivity contribution in [3.8, 4) is 0 Å². The highest BCUT2D eigenvalue weighted by molar-refractivity contribution is 7.10. The van der Waals surface area contributed by atoms with E-state index in [1.54, 1.807) is 29.5 Å². The first-order chi connectivity index (χ1) is 11.6. The van der Waals surface area contributed by atoms with Gasteiger partial charge in [0.25, 0.3) is 5.91 Å². The highest BCUT2D eigenvalue weighted by atomic mass is 35.5. The molecule has 1 heterocycles. The molecule has 0 bridgehead atoms. The molecule has 1 aromatic carbocycles. The van der Waals surface area contributed by atoms with Gasteiger partial charge in [0.05, 0.1) is 21.3 Å². The Bertz CT molecular complexity index is 768. The van der Waals surface area contributed by atoms with Crippen LogP contribution in [0.1, 0.15) is 33.6 Å². The summed E-state index contributed by atoms with van der Waals surface area (Å²) in [6.07, 6.45) is 4.14. The number of hydrogen-bond acceptors (Lipinski definition) is 4. The lowest BCUT2D eigenvalue weighted by molar-refractivity contribution is -0.119. The minimum Gasteiger partial charge on any atom is -0.452 e. The summed E-state index contributed by atoms with van der Waals surface area (Å²) < 4.78 is 5.14. The number of anilines is 1. The van der Waals surface area contributed by atoms with Crippen LogP contribution in [0, 0.1) is 0 Å². The molecule has 0 spiro atoms. The highest BCUT2D eigenvalue weighted by Crippen LogP contribution is 2.31. The normalized spacial score (nSPS) is 13.2. The third kappa shape index (κ3) is 3.74. The average Bonchev–Trinajstić information content (AvgIpc) is 3.00. The van der Waals surface area contributed by atoms with Crippen molar-refractivity contribution < 1.29 is 14.3 Å².